The van der Waals surface area contributed by atoms with Crippen LogP contribution in [0.2, 0.25) is 0 Å². The van der Waals surface area contributed by atoms with E-state index in [0.717, 1.165) is 0 Å². The van der Waals surface area contributed by atoms with Crippen molar-refractivity contribution in [3.8, 4) is 0 Å². The highest BCUT2D eigenvalue weighted by atomic mass is 32.2. The first-order valence-electron chi connectivity index (χ1n) is 2.13. The predicted molar refractivity (Wildman–Crippen MR) is 30.8 cm³/mol. The van der Waals surface area contributed by atoms with Crippen molar-refractivity contribution >= 4 is 17.3 Å². The third kappa shape index (κ3) is 5.41. The number of carbonyl (C=O) groups excluding carboxylic acids is 1. The Morgan fingerprint density at radius 2 is 2.44 bits per heavy atom. The maximum Gasteiger partial charge on any atom is 0.360 e. The molecule has 0 spiro atoms. The Hall–Kier alpha value is -0.460. The Bertz CT molecular complexity index is 125. The van der Waals surface area contributed by atoms with Crippen molar-refractivity contribution in [2.75, 3.05) is 13.6 Å². The van der Waals surface area contributed by atoms with Crippen LogP contribution in [0.5, 0.6) is 0 Å². The molecule has 2 N–H and O–H groups in total. The van der Waals surface area contributed by atoms with Crippen molar-refractivity contribution in [3.63, 3.8) is 0 Å². The van der Waals surface area contributed by atoms with E-state index in [9.17, 15) is 9.00 Å². The molecule has 1 unspecified atom stereocenters. The molecule has 6 heteroatoms. The van der Waals surface area contributed by atoms with Gasteiger partial charge in [-0.2, -0.15) is 4.21 Å². The summed E-state index contributed by atoms with van der Waals surface area (Å²) in [5.41, 5.74) is 0. The summed E-state index contributed by atoms with van der Waals surface area (Å²) in [5.74, 6) is -0.752. The number of carbonyl (C=O) groups is 1. The molecule has 0 bridgehead atoms. The summed E-state index contributed by atoms with van der Waals surface area (Å²) in [4.78, 5) is 10.2. The van der Waals surface area contributed by atoms with Gasteiger partial charge in [0.2, 0.25) is 0 Å². The van der Waals surface area contributed by atoms with Crippen LogP contribution in [0, 0.1) is 0 Å². The van der Waals surface area contributed by atoms with E-state index in [1.54, 1.807) is 0 Å². The van der Waals surface area contributed by atoms with E-state index in [0.29, 0.717) is 0 Å². The lowest BCUT2D eigenvalue weighted by atomic mass is 10.7. The average Bonchev–Trinajstić information content (AvgIpc) is 1.63. The predicted octanol–water partition coefficient (Wildman–Crippen LogP) is -1.11. The summed E-state index contributed by atoms with van der Waals surface area (Å²) in [6.45, 7) is -0.0632. The van der Waals surface area contributed by atoms with Gasteiger partial charge in [-0.3, -0.25) is 4.55 Å². The lowest BCUT2D eigenvalue weighted by Crippen LogP contribution is -2.21. The Morgan fingerprint density at radius 3 is 2.78 bits per heavy atom. The minimum atomic E-state index is -2.49. The van der Waals surface area contributed by atoms with Crippen LogP contribution < -0.4 is 5.32 Å². The molecule has 0 aliphatic heterocycles. The second-order valence-electron chi connectivity index (χ2n) is 1.20. The van der Waals surface area contributed by atoms with E-state index in [4.69, 9.17) is 4.55 Å². The highest BCUT2D eigenvalue weighted by Gasteiger charge is 2.02. The Kier molecular flexibility index (Phi) is 4.20. The van der Waals surface area contributed by atoms with E-state index in [2.05, 4.69) is 9.50 Å². The smallest absolute Gasteiger partial charge is 0.342 e. The fourth-order valence-electron chi connectivity index (χ4n) is 0.253. The molecule has 0 aliphatic carbocycles. The van der Waals surface area contributed by atoms with Gasteiger partial charge < -0.3 is 9.50 Å². The molecular weight excluding hydrogens is 146 g/mol. The molecule has 0 aliphatic rings. The third-order valence-corrected chi connectivity index (χ3v) is 0.814. The van der Waals surface area contributed by atoms with Gasteiger partial charge in [0.1, 0.15) is 0 Å². The lowest BCUT2D eigenvalue weighted by molar-refractivity contribution is -0.132. The van der Waals surface area contributed by atoms with E-state index in [-0.39, 0.29) is 6.54 Å². The standard InChI is InChI=1S/C3H7NO4S/c1-4-2-3(5)8-9(6)7/h4H,2H2,1H3,(H,6,7). The first kappa shape index (κ1) is 8.54. The van der Waals surface area contributed by atoms with Gasteiger partial charge in [0.15, 0.2) is 0 Å². The molecule has 0 amide bonds. The number of hydrogen-bond donors (Lipinski definition) is 2. The summed E-state index contributed by atoms with van der Waals surface area (Å²) in [7, 11) is 1.53. The summed E-state index contributed by atoms with van der Waals surface area (Å²) in [6, 6.07) is 0. The van der Waals surface area contributed by atoms with Crippen molar-refractivity contribution in [3.05, 3.63) is 0 Å². The SMILES string of the molecule is CNCC(=O)OS(=O)O. The third-order valence-electron chi connectivity index (χ3n) is 0.485. The number of nitrogens with one attached hydrogen (secondary N) is 1. The molecule has 54 valence electrons. The maximum absolute atomic E-state index is 10.2. The molecular formula is C3H7NO4S. The lowest BCUT2D eigenvalue weighted by Gasteiger charge is -1.94. The maximum atomic E-state index is 10.2. The van der Waals surface area contributed by atoms with Crippen LogP contribution in [-0.4, -0.2) is 28.3 Å². The van der Waals surface area contributed by atoms with Crippen LogP contribution in [0.25, 0.3) is 0 Å². The summed E-state index contributed by atoms with van der Waals surface area (Å²) in [5, 5.41) is 2.45. The van der Waals surface area contributed by atoms with Gasteiger partial charge in [0, 0.05) is 0 Å². The van der Waals surface area contributed by atoms with Gasteiger partial charge in [0.25, 0.3) is 0 Å². The molecule has 0 saturated carbocycles. The van der Waals surface area contributed by atoms with Gasteiger partial charge in [-0.15, -0.1) is 0 Å². The second-order valence-corrected chi connectivity index (χ2v) is 1.80. The van der Waals surface area contributed by atoms with Crippen LogP contribution in [-0.2, 0) is 20.3 Å². The Balaban J connectivity index is 3.39. The summed E-state index contributed by atoms with van der Waals surface area (Å²) in [6.07, 6.45) is 0. The minimum absolute atomic E-state index is 0.0632. The molecule has 1 atom stereocenters. The highest BCUT2D eigenvalue weighted by Crippen LogP contribution is 1.78. The average molecular weight is 153 g/mol. The van der Waals surface area contributed by atoms with Gasteiger partial charge in [-0.05, 0) is 7.05 Å². The van der Waals surface area contributed by atoms with Crippen LogP contribution in [0.4, 0.5) is 0 Å². The van der Waals surface area contributed by atoms with E-state index in [1.165, 1.54) is 7.05 Å². The first-order valence-corrected chi connectivity index (χ1v) is 3.16. The molecule has 0 radical (unpaired) electrons. The normalized spacial score (nSPS) is 12.7. The van der Waals surface area contributed by atoms with Gasteiger partial charge >= 0.3 is 17.3 Å². The van der Waals surface area contributed by atoms with Crippen LogP contribution in [0.3, 0.4) is 0 Å². The van der Waals surface area contributed by atoms with Gasteiger partial charge in [-0.25, -0.2) is 4.79 Å². The fraction of sp³-hybridized carbons (Fsp3) is 0.667. The largest absolute Gasteiger partial charge is 0.360 e. The quantitative estimate of drug-likeness (QED) is 0.502. The molecule has 0 aromatic heterocycles. The van der Waals surface area contributed by atoms with Gasteiger partial charge in [-0.1, -0.05) is 0 Å². The summed E-state index contributed by atoms with van der Waals surface area (Å²) < 4.78 is 21.5. The van der Waals surface area contributed by atoms with Crippen LogP contribution in [0.15, 0.2) is 0 Å². The Morgan fingerprint density at radius 1 is 1.89 bits per heavy atom. The summed E-state index contributed by atoms with van der Waals surface area (Å²) >= 11 is -2.49. The van der Waals surface area contributed by atoms with Crippen molar-refractivity contribution in [2.24, 2.45) is 0 Å². The number of rotatable bonds is 3. The zero-order chi connectivity index (χ0) is 7.28. The van der Waals surface area contributed by atoms with Gasteiger partial charge in [0.05, 0.1) is 6.54 Å². The molecule has 0 aromatic rings. The van der Waals surface area contributed by atoms with Crippen molar-refractivity contribution in [1.29, 1.82) is 0 Å². The van der Waals surface area contributed by atoms with Crippen LogP contribution in [0.1, 0.15) is 0 Å². The molecule has 9 heavy (non-hydrogen) atoms. The molecule has 5 nitrogen and oxygen atoms in total. The minimum Gasteiger partial charge on any atom is -0.342 e. The van der Waals surface area contributed by atoms with E-state index >= 15 is 0 Å². The zero-order valence-electron chi connectivity index (χ0n) is 4.79. The monoisotopic (exact) mass is 153 g/mol. The Labute approximate surface area is 54.9 Å². The highest BCUT2D eigenvalue weighted by molar-refractivity contribution is 7.74. The van der Waals surface area contributed by atoms with Crippen molar-refractivity contribution in [1.82, 2.24) is 5.32 Å². The van der Waals surface area contributed by atoms with Crippen molar-refractivity contribution < 1.29 is 17.7 Å². The molecule has 0 rings (SSSR count). The van der Waals surface area contributed by atoms with Crippen molar-refractivity contribution in [2.45, 2.75) is 0 Å². The molecule has 0 aromatic carbocycles. The molecule has 0 saturated heterocycles. The molecule has 0 heterocycles. The van der Waals surface area contributed by atoms with E-state index < -0.39 is 17.3 Å². The number of likely N-dealkylation sites (N-methyl/N-ethyl adjacent to an activating group) is 1. The number of hydrogen-bond acceptors (Lipinski definition) is 4. The van der Waals surface area contributed by atoms with E-state index in [1.807, 2.05) is 0 Å². The molecule has 0 fully saturated rings. The zero-order valence-corrected chi connectivity index (χ0v) is 5.60. The fourth-order valence-corrected chi connectivity index (χ4v) is 0.471. The first-order chi connectivity index (χ1) is 4.16. The van der Waals surface area contributed by atoms with Crippen LogP contribution >= 0.6 is 0 Å². The topological polar surface area (TPSA) is 75.6 Å². The second kappa shape index (κ2) is 4.42.